The Hall–Kier alpha value is -1.52. The molecule has 0 amide bonds. The fraction of sp³-hybridized carbons (Fsp3) is 0.600. The topological polar surface area (TPSA) is 140 Å². The van der Waals surface area contributed by atoms with Crippen LogP contribution in [0.25, 0.3) is 0 Å². The van der Waals surface area contributed by atoms with E-state index in [1.54, 1.807) is 0 Å². The monoisotopic (exact) mass is 273 g/mol. The van der Waals surface area contributed by atoms with Crippen LogP contribution in [0.3, 0.4) is 0 Å². The van der Waals surface area contributed by atoms with Crippen LogP contribution >= 0.6 is 0 Å². The van der Waals surface area contributed by atoms with E-state index in [1.807, 2.05) is 0 Å². The summed E-state index contributed by atoms with van der Waals surface area (Å²) in [5, 5.41) is 29.1. The fourth-order valence-corrected chi connectivity index (χ4v) is 1.90. The second kappa shape index (κ2) is 5.23. The molecule has 1 saturated heterocycles. The summed E-state index contributed by atoms with van der Waals surface area (Å²) in [6.45, 7) is 0. The minimum Gasteiger partial charge on any atom is -0.387 e. The maximum Gasteiger partial charge on any atom is 0.351 e. The van der Waals surface area contributed by atoms with Gasteiger partial charge in [-0.1, -0.05) is 0 Å². The molecule has 0 aliphatic carbocycles. The quantitative estimate of drug-likeness (QED) is 0.440. The zero-order valence-corrected chi connectivity index (χ0v) is 10.1. The number of hydrogen-bond donors (Lipinski definition) is 4. The van der Waals surface area contributed by atoms with Gasteiger partial charge in [0.2, 0.25) is 0 Å². The first kappa shape index (κ1) is 13.9. The highest BCUT2D eigenvalue weighted by Crippen LogP contribution is 2.30. The molecule has 0 bridgehead atoms. The summed E-state index contributed by atoms with van der Waals surface area (Å²) in [6.07, 6.45) is -5.29. The third kappa shape index (κ3) is 2.46. The lowest BCUT2D eigenvalue weighted by molar-refractivity contribution is -0.183. The molecule has 0 aromatic carbocycles. The van der Waals surface area contributed by atoms with Crippen LogP contribution in [0, 0.1) is 0 Å². The van der Waals surface area contributed by atoms with Crippen LogP contribution in [0.2, 0.25) is 0 Å². The highest BCUT2D eigenvalue weighted by molar-refractivity contribution is 5.23. The van der Waals surface area contributed by atoms with Crippen LogP contribution in [0.15, 0.2) is 17.1 Å². The van der Waals surface area contributed by atoms with Crippen molar-refractivity contribution in [2.45, 2.75) is 30.8 Å². The van der Waals surface area contributed by atoms with Crippen molar-refractivity contribution in [2.24, 2.45) is 0 Å². The van der Waals surface area contributed by atoms with Crippen LogP contribution < -0.4 is 11.4 Å². The second-order valence-electron chi connectivity index (χ2n) is 4.14. The molecule has 0 radical (unpaired) electrons. The first-order valence-electron chi connectivity index (χ1n) is 5.53. The van der Waals surface area contributed by atoms with E-state index in [1.165, 1.54) is 19.4 Å². The van der Waals surface area contributed by atoms with Crippen LogP contribution in [0.1, 0.15) is 6.23 Å². The van der Waals surface area contributed by atoms with E-state index in [0.717, 1.165) is 4.57 Å². The summed E-state index contributed by atoms with van der Waals surface area (Å²) in [5.74, 6) is 0.0303. The Morgan fingerprint density at radius 1 is 1.53 bits per heavy atom. The molecule has 9 heteroatoms. The van der Waals surface area contributed by atoms with E-state index in [-0.39, 0.29) is 5.82 Å². The van der Waals surface area contributed by atoms with Gasteiger partial charge in [-0.05, 0) is 6.07 Å². The van der Waals surface area contributed by atoms with Gasteiger partial charge >= 0.3 is 5.69 Å². The predicted octanol–water partition coefficient (Wildman–Crippen LogP) is -2.59. The molecule has 1 aliphatic heterocycles. The molecule has 19 heavy (non-hydrogen) atoms. The third-order valence-corrected chi connectivity index (χ3v) is 2.92. The summed E-state index contributed by atoms with van der Waals surface area (Å²) in [7, 11) is 1.22. The third-order valence-electron chi connectivity index (χ3n) is 2.92. The van der Waals surface area contributed by atoms with Gasteiger partial charge in [0.25, 0.3) is 0 Å². The molecular formula is C10H15N3O6. The van der Waals surface area contributed by atoms with Gasteiger partial charge in [0.1, 0.15) is 24.1 Å². The number of nitrogens with zero attached hydrogens (tertiary/aromatic N) is 2. The summed E-state index contributed by atoms with van der Waals surface area (Å²) >= 11 is 0. The van der Waals surface area contributed by atoms with Gasteiger partial charge < -0.3 is 30.5 Å². The molecule has 2 heterocycles. The zero-order chi connectivity index (χ0) is 14.2. The molecule has 5 atom stereocenters. The van der Waals surface area contributed by atoms with Crippen LogP contribution in [-0.4, -0.2) is 56.6 Å². The van der Waals surface area contributed by atoms with Crippen LogP contribution in [0.4, 0.5) is 5.82 Å². The van der Waals surface area contributed by atoms with E-state index in [4.69, 9.17) is 10.5 Å². The highest BCUT2D eigenvalue weighted by atomic mass is 16.6. The molecule has 0 spiro atoms. The van der Waals surface area contributed by atoms with Gasteiger partial charge in [0, 0.05) is 13.3 Å². The Morgan fingerprint density at radius 2 is 2.21 bits per heavy atom. The van der Waals surface area contributed by atoms with Crippen LogP contribution in [0.5, 0.6) is 0 Å². The van der Waals surface area contributed by atoms with Gasteiger partial charge in [-0.2, -0.15) is 4.98 Å². The van der Waals surface area contributed by atoms with Crippen molar-refractivity contribution in [3.05, 3.63) is 22.7 Å². The maximum absolute atomic E-state index is 11.6. The number of anilines is 1. The van der Waals surface area contributed by atoms with Crippen molar-refractivity contribution in [2.75, 3.05) is 12.8 Å². The zero-order valence-electron chi connectivity index (χ0n) is 10.1. The normalized spacial score (nSPS) is 32.4. The Bertz CT molecular complexity index is 506. The maximum atomic E-state index is 11.6. The van der Waals surface area contributed by atoms with E-state index in [2.05, 4.69) is 9.72 Å². The Labute approximate surface area is 107 Å². The molecule has 1 aliphatic rings. The average Bonchev–Trinajstić information content (AvgIpc) is 2.66. The van der Waals surface area contributed by atoms with Gasteiger partial charge in [-0.3, -0.25) is 4.57 Å². The molecule has 5 N–H and O–H groups in total. The molecule has 106 valence electrons. The van der Waals surface area contributed by atoms with E-state index < -0.39 is 36.5 Å². The van der Waals surface area contributed by atoms with Gasteiger partial charge in [0.15, 0.2) is 12.5 Å². The van der Waals surface area contributed by atoms with Crippen molar-refractivity contribution in [3.63, 3.8) is 0 Å². The van der Waals surface area contributed by atoms with Crippen molar-refractivity contribution >= 4 is 5.82 Å². The Kier molecular flexibility index (Phi) is 3.83. The molecule has 9 nitrogen and oxygen atoms in total. The fourth-order valence-electron chi connectivity index (χ4n) is 1.90. The molecule has 0 saturated carbocycles. The smallest absolute Gasteiger partial charge is 0.351 e. The van der Waals surface area contributed by atoms with Crippen molar-refractivity contribution in [1.82, 2.24) is 9.55 Å². The standard InChI is InChI=1S/C10H15N3O6/c1-18-9(16)7-5(14)6(15)8(19-7)13-3-2-4(11)12-10(13)17/h2-3,5-9,14-16H,1H3,(H2,11,12,17)/t5-,6+,7-,8+,9?/m0/s1. The van der Waals surface area contributed by atoms with E-state index in [0.29, 0.717) is 0 Å². The Morgan fingerprint density at radius 3 is 2.79 bits per heavy atom. The first-order valence-corrected chi connectivity index (χ1v) is 5.53. The molecular weight excluding hydrogens is 258 g/mol. The van der Waals surface area contributed by atoms with Gasteiger partial charge in [0.05, 0.1) is 0 Å². The lowest BCUT2D eigenvalue weighted by Crippen LogP contribution is -2.39. The number of aliphatic hydroxyl groups excluding tert-OH is 3. The number of hydrogen-bond acceptors (Lipinski definition) is 8. The minimum absolute atomic E-state index is 0.0303. The largest absolute Gasteiger partial charge is 0.387 e. The number of nitrogen functional groups attached to an aromatic ring is 1. The van der Waals surface area contributed by atoms with Crippen molar-refractivity contribution < 1.29 is 24.8 Å². The van der Waals surface area contributed by atoms with E-state index in [9.17, 15) is 20.1 Å². The number of nitrogens with two attached hydrogens (primary N) is 1. The minimum atomic E-state index is -1.42. The summed E-state index contributed by atoms with van der Waals surface area (Å²) in [6, 6.07) is 1.35. The van der Waals surface area contributed by atoms with Crippen LogP contribution in [-0.2, 0) is 9.47 Å². The second-order valence-corrected chi connectivity index (χ2v) is 4.14. The molecule has 1 aromatic heterocycles. The molecule has 2 rings (SSSR count). The number of aliphatic hydroxyl groups is 3. The summed E-state index contributed by atoms with van der Waals surface area (Å²) < 4.78 is 10.9. The summed E-state index contributed by atoms with van der Waals surface area (Å²) in [5.41, 5.74) is 4.62. The van der Waals surface area contributed by atoms with E-state index >= 15 is 0 Å². The summed E-state index contributed by atoms with van der Waals surface area (Å²) in [4.78, 5) is 15.1. The van der Waals surface area contributed by atoms with Crippen molar-refractivity contribution in [3.8, 4) is 0 Å². The van der Waals surface area contributed by atoms with Crippen molar-refractivity contribution in [1.29, 1.82) is 0 Å². The molecule has 1 fully saturated rings. The number of methoxy groups -OCH3 is 1. The Balaban J connectivity index is 2.29. The highest BCUT2D eigenvalue weighted by Gasteiger charge is 2.47. The lowest BCUT2D eigenvalue weighted by atomic mass is 10.1. The molecule has 1 unspecified atom stereocenters. The molecule has 1 aromatic rings. The number of aromatic nitrogens is 2. The predicted molar refractivity (Wildman–Crippen MR) is 61.8 cm³/mol. The SMILES string of the molecule is COC(O)[C@H]1O[C@@H](n2ccc(N)nc2=O)[C@H](O)[C@@H]1O. The number of rotatable bonds is 3. The first-order chi connectivity index (χ1) is 8.95. The average molecular weight is 273 g/mol. The number of ether oxygens (including phenoxy) is 2. The van der Waals surface area contributed by atoms with Gasteiger partial charge in [-0.15, -0.1) is 0 Å². The van der Waals surface area contributed by atoms with Gasteiger partial charge in [-0.25, -0.2) is 4.79 Å². The lowest BCUT2D eigenvalue weighted by Gasteiger charge is -2.19.